The molecule has 2 aromatic carbocycles. The summed E-state index contributed by atoms with van der Waals surface area (Å²) in [5.41, 5.74) is 8.15. The number of fused-ring (bicyclic) bond motifs is 1. The number of esters is 2. The van der Waals surface area contributed by atoms with Crippen LogP contribution in [0.5, 0.6) is 0 Å². The Morgan fingerprint density at radius 1 is 1.03 bits per heavy atom. The number of hydrogen-bond donors (Lipinski definition) is 1. The molecule has 2 heterocycles. The van der Waals surface area contributed by atoms with Crippen molar-refractivity contribution in [2.45, 2.75) is 24.1 Å². The van der Waals surface area contributed by atoms with Crippen molar-refractivity contribution in [1.29, 1.82) is 0 Å². The maximum Gasteiger partial charge on any atom is 0.491 e. The van der Waals surface area contributed by atoms with E-state index in [1.165, 1.54) is 23.5 Å². The highest BCUT2D eigenvalue weighted by atomic mass is 32.1. The highest BCUT2D eigenvalue weighted by molar-refractivity contribution is 7.21. The summed E-state index contributed by atoms with van der Waals surface area (Å²) in [7, 11) is 0. The largest absolute Gasteiger partial charge is 0.491 e. The van der Waals surface area contributed by atoms with Gasteiger partial charge in [-0.15, -0.1) is 0 Å². The SMILES string of the molecule is N[C@H](Cc1ccc(-c2nc3ccc(C4(c5ccccc5)C=C4)nc3s2)c(F)c1)C(=O)OC(=O)C(F)(F)F. The van der Waals surface area contributed by atoms with Crippen molar-refractivity contribution in [3.8, 4) is 10.6 Å². The van der Waals surface area contributed by atoms with Crippen LogP contribution >= 0.6 is 11.3 Å². The molecule has 1 atom stereocenters. The van der Waals surface area contributed by atoms with Crippen LogP contribution in [0, 0.1) is 5.82 Å². The number of thiazole rings is 1. The van der Waals surface area contributed by atoms with Crippen LogP contribution in [0.25, 0.3) is 20.9 Å². The second kappa shape index (κ2) is 9.16. The number of hydrogen-bond acceptors (Lipinski definition) is 7. The topological polar surface area (TPSA) is 95.2 Å². The molecule has 0 unspecified atom stereocenters. The Hall–Kier alpha value is -3.96. The fourth-order valence-corrected chi connectivity index (χ4v) is 4.86. The van der Waals surface area contributed by atoms with Gasteiger partial charge in [0.15, 0.2) is 0 Å². The third-order valence-corrected chi connectivity index (χ3v) is 6.88. The number of aromatic nitrogens is 2. The Balaban J connectivity index is 1.34. The van der Waals surface area contributed by atoms with Crippen LogP contribution in [0.1, 0.15) is 16.8 Å². The normalized spacial score (nSPS) is 14.9. The number of nitrogens with zero attached hydrogens (tertiary/aromatic N) is 2. The zero-order valence-corrected chi connectivity index (χ0v) is 19.6. The molecule has 37 heavy (non-hydrogen) atoms. The third kappa shape index (κ3) is 4.87. The number of halogens is 4. The van der Waals surface area contributed by atoms with Crippen molar-refractivity contribution in [1.82, 2.24) is 9.97 Å². The van der Waals surface area contributed by atoms with Gasteiger partial charge in [0.25, 0.3) is 0 Å². The molecule has 0 saturated carbocycles. The summed E-state index contributed by atoms with van der Waals surface area (Å²) in [6.45, 7) is 0. The van der Waals surface area contributed by atoms with Gasteiger partial charge in [0.2, 0.25) is 0 Å². The van der Waals surface area contributed by atoms with Gasteiger partial charge in [-0.3, -0.25) is 0 Å². The number of carbonyl (C=O) groups is 2. The number of pyridine rings is 1. The first-order chi connectivity index (χ1) is 17.6. The molecule has 1 aliphatic rings. The van der Waals surface area contributed by atoms with Gasteiger partial charge in [-0.1, -0.05) is 59.9 Å². The van der Waals surface area contributed by atoms with Gasteiger partial charge in [-0.2, -0.15) is 13.2 Å². The lowest BCUT2D eigenvalue weighted by Gasteiger charge is -2.15. The van der Waals surface area contributed by atoms with Crippen LogP contribution in [-0.4, -0.2) is 34.1 Å². The molecule has 2 aromatic heterocycles. The second-order valence-corrected chi connectivity index (χ2v) is 9.42. The summed E-state index contributed by atoms with van der Waals surface area (Å²) in [6.07, 6.45) is -1.53. The predicted molar refractivity (Wildman–Crippen MR) is 128 cm³/mol. The summed E-state index contributed by atoms with van der Waals surface area (Å²) in [5, 5.41) is 0.390. The summed E-state index contributed by atoms with van der Waals surface area (Å²) in [6, 6.07) is 16.1. The van der Waals surface area contributed by atoms with Gasteiger partial charge in [0.1, 0.15) is 27.2 Å². The molecular weight excluding hydrogens is 510 g/mol. The highest BCUT2D eigenvalue weighted by Crippen LogP contribution is 2.45. The fourth-order valence-electron chi connectivity index (χ4n) is 3.89. The molecule has 4 aromatic rings. The van der Waals surface area contributed by atoms with Crippen molar-refractivity contribution in [2.75, 3.05) is 0 Å². The molecule has 0 amide bonds. The first kappa shape index (κ1) is 24.7. The first-order valence-corrected chi connectivity index (χ1v) is 11.8. The van der Waals surface area contributed by atoms with Crippen LogP contribution in [-0.2, 0) is 26.2 Å². The lowest BCUT2D eigenvalue weighted by atomic mass is 9.89. The Morgan fingerprint density at radius 3 is 2.41 bits per heavy atom. The van der Waals surface area contributed by atoms with E-state index in [-0.39, 0.29) is 23.0 Å². The van der Waals surface area contributed by atoms with E-state index in [1.54, 1.807) is 0 Å². The van der Waals surface area contributed by atoms with E-state index >= 15 is 0 Å². The van der Waals surface area contributed by atoms with E-state index in [1.807, 2.05) is 42.5 Å². The van der Waals surface area contributed by atoms with E-state index in [4.69, 9.17) is 10.7 Å². The summed E-state index contributed by atoms with van der Waals surface area (Å²) in [5.74, 6) is -4.87. The van der Waals surface area contributed by atoms with Gasteiger partial charge in [-0.25, -0.2) is 23.9 Å². The Labute approximate surface area is 211 Å². The monoisotopic (exact) mass is 527 g/mol. The Morgan fingerprint density at radius 2 is 1.76 bits per heavy atom. The molecule has 11 heteroatoms. The van der Waals surface area contributed by atoms with E-state index in [9.17, 15) is 27.2 Å². The van der Waals surface area contributed by atoms with Gasteiger partial charge in [0.05, 0.1) is 11.1 Å². The lowest BCUT2D eigenvalue weighted by molar-refractivity contribution is -0.202. The number of ether oxygens (including phenoxy) is 1. The van der Waals surface area contributed by atoms with E-state index < -0.39 is 30.0 Å². The molecule has 0 aliphatic heterocycles. The molecule has 0 radical (unpaired) electrons. The van der Waals surface area contributed by atoms with Gasteiger partial charge < -0.3 is 10.5 Å². The quantitative estimate of drug-likeness (QED) is 0.167. The number of alkyl halides is 3. The minimum Gasteiger partial charge on any atom is -0.385 e. The third-order valence-electron chi connectivity index (χ3n) is 5.88. The molecule has 5 rings (SSSR count). The predicted octanol–water partition coefficient (Wildman–Crippen LogP) is 4.86. The van der Waals surface area contributed by atoms with E-state index in [0.29, 0.717) is 15.4 Å². The minimum atomic E-state index is -5.33. The van der Waals surface area contributed by atoms with Crippen molar-refractivity contribution in [3.63, 3.8) is 0 Å². The molecular formula is C26H17F4N3O3S. The average molecular weight is 527 g/mol. The average Bonchev–Trinajstić information content (AvgIpc) is 3.57. The molecule has 188 valence electrons. The zero-order valence-electron chi connectivity index (χ0n) is 18.8. The zero-order chi connectivity index (χ0) is 26.4. The van der Waals surface area contributed by atoms with Gasteiger partial charge >= 0.3 is 18.1 Å². The second-order valence-electron chi connectivity index (χ2n) is 8.44. The number of carbonyl (C=O) groups excluding carboxylic acids is 2. The Bertz CT molecular complexity index is 1540. The standard InChI is InChI=1S/C26H17F4N3O3S/c27-17-12-14(13-18(31)23(34)36-24(35)26(28,29)30)6-7-16(17)21-32-19-8-9-20(33-22(19)37-21)25(10-11-25)15-4-2-1-3-5-15/h1-12,18H,13,31H2/t18-/m1/s1. The smallest absolute Gasteiger partial charge is 0.385 e. The van der Waals surface area contributed by atoms with Crippen LogP contribution in [0.2, 0.25) is 0 Å². The minimum absolute atomic E-state index is 0.194. The summed E-state index contributed by atoms with van der Waals surface area (Å²) in [4.78, 5) is 32.4. The molecule has 0 saturated heterocycles. The lowest BCUT2D eigenvalue weighted by Crippen LogP contribution is -2.38. The van der Waals surface area contributed by atoms with Crippen LogP contribution in [0.4, 0.5) is 17.6 Å². The van der Waals surface area contributed by atoms with Crippen molar-refractivity contribution in [3.05, 3.63) is 95.5 Å². The molecule has 0 fully saturated rings. The summed E-state index contributed by atoms with van der Waals surface area (Å²) < 4.78 is 55.5. The maximum absolute atomic E-state index is 15.0. The van der Waals surface area contributed by atoms with Gasteiger partial charge in [0, 0.05) is 5.56 Å². The first-order valence-electron chi connectivity index (χ1n) is 11.0. The number of rotatable bonds is 6. The van der Waals surface area contributed by atoms with Crippen molar-refractivity contribution in [2.24, 2.45) is 5.73 Å². The number of nitrogens with two attached hydrogens (primary N) is 1. The van der Waals surface area contributed by atoms with E-state index in [2.05, 4.69) is 21.9 Å². The number of allylic oxidation sites excluding steroid dienone is 2. The van der Waals surface area contributed by atoms with Crippen molar-refractivity contribution >= 4 is 33.6 Å². The number of benzene rings is 2. The molecule has 2 N–H and O–H groups in total. The van der Waals surface area contributed by atoms with Crippen LogP contribution < -0.4 is 5.73 Å². The maximum atomic E-state index is 15.0. The fraction of sp³-hybridized carbons (Fsp3) is 0.154. The van der Waals surface area contributed by atoms with Crippen LogP contribution in [0.3, 0.4) is 0 Å². The van der Waals surface area contributed by atoms with E-state index in [0.717, 1.165) is 17.3 Å². The summed E-state index contributed by atoms with van der Waals surface area (Å²) >= 11 is 1.22. The molecule has 6 nitrogen and oxygen atoms in total. The molecule has 1 aliphatic carbocycles. The van der Waals surface area contributed by atoms with Crippen LogP contribution in [0.15, 0.2) is 72.8 Å². The van der Waals surface area contributed by atoms with Crippen molar-refractivity contribution < 1.29 is 31.9 Å². The Kier molecular flexibility index (Phi) is 6.12. The molecule has 0 bridgehead atoms. The van der Waals surface area contributed by atoms with Gasteiger partial charge in [-0.05, 0) is 41.8 Å². The molecule has 0 spiro atoms. The highest BCUT2D eigenvalue weighted by Gasteiger charge is 2.43.